The van der Waals surface area contributed by atoms with Crippen LogP contribution in [0.3, 0.4) is 0 Å². The number of Topliss-reactive ketones (excluding diaryl/α,β-unsaturated/α-hetero) is 1. The second-order valence-corrected chi connectivity index (χ2v) is 8.58. The maximum Gasteiger partial charge on any atom is 0.173 e. The summed E-state index contributed by atoms with van der Waals surface area (Å²) in [7, 11) is 1.26. The molecule has 0 aliphatic carbocycles. The van der Waals surface area contributed by atoms with Crippen molar-refractivity contribution in [2.24, 2.45) is 0 Å². The lowest BCUT2D eigenvalue weighted by molar-refractivity contribution is 0.0988. The van der Waals surface area contributed by atoms with E-state index in [4.69, 9.17) is 10.5 Å². The zero-order chi connectivity index (χ0) is 20.3. The third-order valence-electron chi connectivity index (χ3n) is 4.22. The Morgan fingerprint density at radius 3 is 2.75 bits per heavy atom. The van der Waals surface area contributed by atoms with Crippen LogP contribution in [0.5, 0.6) is 5.75 Å². The number of nitrogens with one attached hydrogen (secondary N) is 2. The van der Waals surface area contributed by atoms with Crippen LogP contribution >= 0.6 is 7.92 Å². The molecule has 0 bridgehead atoms. The van der Waals surface area contributed by atoms with E-state index < -0.39 is 0 Å². The van der Waals surface area contributed by atoms with Gasteiger partial charge in [0.2, 0.25) is 0 Å². The zero-order valence-corrected chi connectivity index (χ0v) is 17.2. The molecule has 0 fully saturated rings. The Kier molecular flexibility index (Phi) is 5.90. The van der Waals surface area contributed by atoms with Crippen LogP contribution < -0.4 is 21.2 Å². The van der Waals surface area contributed by atoms with Gasteiger partial charge in [0.25, 0.3) is 0 Å². The predicted molar refractivity (Wildman–Crippen MR) is 113 cm³/mol. The summed E-state index contributed by atoms with van der Waals surface area (Å²) in [5, 5.41) is 10.6. The summed E-state index contributed by atoms with van der Waals surface area (Å²) in [6, 6.07) is 5.49. The van der Waals surface area contributed by atoms with Crippen molar-refractivity contribution in [3.63, 3.8) is 0 Å². The molecule has 0 saturated heterocycles. The van der Waals surface area contributed by atoms with Gasteiger partial charge in [0.15, 0.2) is 17.4 Å². The lowest BCUT2D eigenvalue weighted by atomic mass is 10.1. The molecule has 0 amide bonds. The molecule has 0 aliphatic rings. The van der Waals surface area contributed by atoms with Gasteiger partial charge in [-0.2, -0.15) is 5.10 Å². The highest BCUT2D eigenvalue weighted by Gasteiger charge is 2.18. The van der Waals surface area contributed by atoms with Crippen LogP contribution in [0.1, 0.15) is 23.7 Å². The van der Waals surface area contributed by atoms with Crippen molar-refractivity contribution in [3.8, 4) is 17.0 Å². The zero-order valence-electron chi connectivity index (χ0n) is 16.3. The number of nitrogens with zero attached hydrogens (tertiary/aromatic N) is 3. The number of hydrogen-bond acceptors (Lipinski definition) is 7. The molecular formula is C19H23N6O2P. The van der Waals surface area contributed by atoms with Gasteiger partial charge in [0.05, 0.1) is 29.5 Å². The van der Waals surface area contributed by atoms with Gasteiger partial charge in [-0.15, -0.1) is 0 Å². The molecule has 28 heavy (non-hydrogen) atoms. The van der Waals surface area contributed by atoms with Gasteiger partial charge in [-0.05, 0) is 25.5 Å². The summed E-state index contributed by atoms with van der Waals surface area (Å²) in [6.07, 6.45) is 3.51. The van der Waals surface area contributed by atoms with E-state index in [1.165, 1.54) is 6.20 Å². The molecule has 0 spiro atoms. The number of nitrogen functional groups attached to an aromatic ring is 1. The fourth-order valence-electron chi connectivity index (χ4n) is 2.75. The van der Waals surface area contributed by atoms with Crippen molar-refractivity contribution in [1.82, 2.24) is 20.2 Å². The molecule has 3 rings (SSSR count). The number of methoxy groups -OCH3 is 1. The molecule has 0 radical (unpaired) electrons. The minimum absolute atomic E-state index is 0.0393. The van der Waals surface area contributed by atoms with Crippen molar-refractivity contribution >= 4 is 36.5 Å². The van der Waals surface area contributed by atoms with Crippen LogP contribution in [0.4, 0.5) is 17.3 Å². The molecule has 0 aromatic carbocycles. The molecule has 3 aromatic heterocycles. The van der Waals surface area contributed by atoms with Crippen LogP contribution in [0.2, 0.25) is 0 Å². The third-order valence-corrected chi connectivity index (χ3v) is 5.37. The fraction of sp³-hybridized carbons (Fsp3) is 0.263. The normalized spacial score (nSPS) is 10.9. The number of hydrogen-bond donors (Lipinski definition) is 3. The number of anilines is 3. The van der Waals surface area contributed by atoms with Crippen molar-refractivity contribution < 1.29 is 9.53 Å². The van der Waals surface area contributed by atoms with Crippen molar-refractivity contribution in [3.05, 3.63) is 36.2 Å². The Balaban J connectivity index is 2.04. The maximum atomic E-state index is 12.3. The van der Waals surface area contributed by atoms with Crippen molar-refractivity contribution in [2.45, 2.75) is 13.3 Å². The smallest absolute Gasteiger partial charge is 0.173 e. The van der Waals surface area contributed by atoms with Crippen LogP contribution in [-0.2, 0) is 0 Å². The lowest BCUT2D eigenvalue weighted by Gasteiger charge is -2.15. The Morgan fingerprint density at radius 2 is 2.11 bits per heavy atom. The summed E-state index contributed by atoms with van der Waals surface area (Å²) in [5.41, 5.74) is 9.50. The second-order valence-electron chi connectivity index (χ2n) is 6.33. The Hall–Kier alpha value is -2.99. The maximum absolute atomic E-state index is 12.3. The highest BCUT2D eigenvalue weighted by Crippen LogP contribution is 2.37. The number of aromatic amines is 1. The quantitative estimate of drug-likeness (QED) is 0.413. The van der Waals surface area contributed by atoms with Gasteiger partial charge < -0.3 is 15.8 Å². The number of pyridine rings is 2. The second kappa shape index (κ2) is 8.35. The molecule has 146 valence electrons. The van der Waals surface area contributed by atoms with E-state index in [9.17, 15) is 4.79 Å². The van der Waals surface area contributed by atoms with E-state index in [-0.39, 0.29) is 13.7 Å². The summed E-state index contributed by atoms with van der Waals surface area (Å²) in [4.78, 5) is 20.7. The summed E-state index contributed by atoms with van der Waals surface area (Å²) >= 11 is 0. The highest BCUT2D eigenvalue weighted by atomic mass is 31.1. The molecule has 9 heteroatoms. The number of carbonyl (C=O) groups is 1. The minimum Gasteiger partial charge on any atom is -0.492 e. The van der Waals surface area contributed by atoms with Crippen molar-refractivity contribution in [1.29, 1.82) is 0 Å². The predicted octanol–water partition coefficient (Wildman–Crippen LogP) is 3.16. The largest absolute Gasteiger partial charge is 0.492 e. The van der Waals surface area contributed by atoms with Gasteiger partial charge in [-0.25, -0.2) is 9.97 Å². The highest BCUT2D eigenvalue weighted by molar-refractivity contribution is 7.63. The van der Waals surface area contributed by atoms with Gasteiger partial charge in [-0.3, -0.25) is 9.89 Å². The molecule has 0 aliphatic heterocycles. The molecule has 3 aromatic rings. The van der Waals surface area contributed by atoms with Gasteiger partial charge in [-0.1, -0.05) is 14.8 Å². The summed E-state index contributed by atoms with van der Waals surface area (Å²) in [5.74, 6) is 1.28. The summed E-state index contributed by atoms with van der Waals surface area (Å²) in [6.45, 7) is 6.09. The Labute approximate surface area is 164 Å². The van der Waals surface area contributed by atoms with E-state index in [0.29, 0.717) is 35.1 Å². The first-order valence-corrected chi connectivity index (χ1v) is 11.0. The Morgan fingerprint density at radius 1 is 1.32 bits per heavy atom. The molecule has 4 N–H and O–H groups in total. The van der Waals surface area contributed by atoms with Crippen LogP contribution in [0.25, 0.3) is 11.3 Å². The number of aromatic nitrogens is 4. The monoisotopic (exact) mass is 398 g/mol. The van der Waals surface area contributed by atoms with Crippen molar-refractivity contribution in [2.75, 3.05) is 31.5 Å². The lowest BCUT2D eigenvalue weighted by Crippen LogP contribution is -2.07. The van der Waals surface area contributed by atoms with E-state index >= 15 is 0 Å². The molecule has 0 atom stereocenters. The Bertz CT molecular complexity index is 1000. The molecule has 8 nitrogen and oxygen atoms in total. The molecule has 3 heterocycles. The first kappa shape index (κ1) is 19.8. The van der Waals surface area contributed by atoms with Crippen LogP contribution in [0.15, 0.2) is 30.6 Å². The topological polar surface area (TPSA) is 119 Å². The standard InChI is InChI=1S/C19H23N6O2P/c1-5-15(26)12-10-22-16(20)8-13(12)23-19-18(27-2)11(6-7-21-19)14-9-17(25-24-14)28(3)4/h6-10H,5H2,1-4H3,(H,24,25)(H3,20,21,22,23). The average Bonchev–Trinajstić information content (AvgIpc) is 3.18. The fourth-order valence-corrected chi connectivity index (χ4v) is 3.39. The van der Waals surface area contributed by atoms with Gasteiger partial charge in [0.1, 0.15) is 5.82 Å². The molecule has 0 saturated carbocycles. The number of rotatable bonds is 7. The SMILES string of the molecule is CCC(=O)c1cnc(N)cc1Nc1nccc(-c2cc(P(C)C)n[nH]2)c1OC. The number of nitrogens with two attached hydrogens (primary N) is 1. The summed E-state index contributed by atoms with van der Waals surface area (Å²) < 4.78 is 5.63. The van der Waals surface area contributed by atoms with Gasteiger partial charge in [0, 0.05) is 30.4 Å². The molecule has 0 unspecified atom stereocenters. The number of ether oxygens (including phenoxy) is 1. The minimum atomic E-state index is -0.317. The van der Waals surface area contributed by atoms with E-state index in [0.717, 1.165) is 16.7 Å². The van der Waals surface area contributed by atoms with E-state index in [1.54, 1.807) is 26.3 Å². The first-order valence-electron chi connectivity index (χ1n) is 8.76. The van der Waals surface area contributed by atoms with Crippen LogP contribution in [0, 0.1) is 0 Å². The molecular weight excluding hydrogens is 375 g/mol. The van der Waals surface area contributed by atoms with Gasteiger partial charge >= 0.3 is 0 Å². The van der Waals surface area contributed by atoms with E-state index in [1.807, 2.05) is 12.1 Å². The van der Waals surface area contributed by atoms with Crippen LogP contribution in [-0.4, -0.2) is 46.4 Å². The third kappa shape index (κ3) is 3.97. The number of carbonyl (C=O) groups excluding carboxylic acids is 1. The van der Waals surface area contributed by atoms with E-state index in [2.05, 4.69) is 38.8 Å². The average molecular weight is 398 g/mol. The number of ketones is 1. The first-order chi connectivity index (χ1) is 13.4. The number of H-pyrrole nitrogens is 1.